The Morgan fingerprint density at radius 3 is 2.53 bits per heavy atom. The van der Waals surface area contributed by atoms with Crippen molar-refractivity contribution in [3.63, 3.8) is 0 Å². The normalized spacial score (nSPS) is 10.5. The number of rotatable bonds is 6. The molecular weight excluding hydrogens is 266 g/mol. The molecule has 0 aliphatic heterocycles. The van der Waals surface area contributed by atoms with Gasteiger partial charge in [0.2, 0.25) is 5.91 Å². The largest absolute Gasteiger partial charge is 0.382 e. The molecule has 0 saturated heterocycles. The topological polar surface area (TPSA) is 114 Å². The Bertz CT molecular complexity index is 472. The molecule has 1 aromatic heterocycles. The molecular formula is C11H19N5O2S. The van der Waals surface area contributed by atoms with E-state index in [4.69, 9.17) is 11.5 Å². The van der Waals surface area contributed by atoms with Gasteiger partial charge in [0.15, 0.2) is 5.13 Å². The van der Waals surface area contributed by atoms with Gasteiger partial charge in [-0.2, -0.15) is 0 Å². The average Bonchev–Trinajstić information content (AvgIpc) is 2.67. The lowest BCUT2D eigenvalue weighted by molar-refractivity contribution is -0.118. The summed E-state index contributed by atoms with van der Waals surface area (Å²) < 4.78 is 0. The van der Waals surface area contributed by atoms with Crippen LogP contribution in [0.2, 0.25) is 0 Å². The van der Waals surface area contributed by atoms with E-state index >= 15 is 0 Å². The molecule has 106 valence electrons. The Hall–Kier alpha value is -1.83. The minimum absolute atomic E-state index is 0.122. The molecule has 0 saturated carbocycles. The number of nitrogens with zero attached hydrogens (tertiary/aromatic N) is 2. The Morgan fingerprint density at radius 1 is 1.47 bits per heavy atom. The van der Waals surface area contributed by atoms with Gasteiger partial charge in [-0.05, 0) is 5.92 Å². The lowest BCUT2D eigenvalue weighted by atomic mass is 10.2. The monoisotopic (exact) mass is 285 g/mol. The van der Waals surface area contributed by atoms with E-state index in [0.29, 0.717) is 16.6 Å². The van der Waals surface area contributed by atoms with Crippen LogP contribution in [0, 0.1) is 5.92 Å². The van der Waals surface area contributed by atoms with Crippen LogP contribution in [0.1, 0.15) is 23.5 Å². The fourth-order valence-electron chi connectivity index (χ4n) is 1.58. The maximum Gasteiger partial charge on any atom is 0.268 e. The van der Waals surface area contributed by atoms with Crippen molar-refractivity contribution >= 4 is 34.1 Å². The molecule has 0 radical (unpaired) electrons. The second-order valence-corrected chi connectivity index (χ2v) is 5.53. The third-order valence-corrected chi connectivity index (χ3v) is 3.36. The molecule has 0 aliphatic rings. The number of hydrogen-bond donors (Lipinski definition) is 3. The highest BCUT2D eigenvalue weighted by molar-refractivity contribution is 7.18. The van der Waals surface area contributed by atoms with Crippen LogP contribution in [0.3, 0.4) is 0 Å². The molecule has 0 spiro atoms. The highest BCUT2D eigenvalue weighted by atomic mass is 32.1. The predicted molar refractivity (Wildman–Crippen MR) is 76.0 cm³/mol. The highest BCUT2D eigenvalue weighted by Gasteiger charge is 2.23. The summed E-state index contributed by atoms with van der Waals surface area (Å²) in [6.45, 7) is 4.23. The number of anilines is 2. The van der Waals surface area contributed by atoms with Crippen molar-refractivity contribution in [1.29, 1.82) is 0 Å². The van der Waals surface area contributed by atoms with E-state index in [1.54, 1.807) is 7.05 Å². The molecule has 19 heavy (non-hydrogen) atoms. The standard InChI is InChI=1S/C11H19N5O2S/c1-6(2)4-16(5-7(12)17)10(18)8-9(13)15-11(14-3)19-8/h6H,4-5,13H2,1-3H3,(H2,12,17)(H,14,15). The SMILES string of the molecule is CNc1nc(N)c(C(=O)N(CC(N)=O)CC(C)C)s1. The van der Waals surface area contributed by atoms with Crippen LogP contribution in [0.25, 0.3) is 0 Å². The van der Waals surface area contributed by atoms with E-state index in [-0.39, 0.29) is 24.2 Å². The third kappa shape index (κ3) is 4.09. The van der Waals surface area contributed by atoms with Crippen LogP contribution in [-0.4, -0.2) is 41.8 Å². The lowest BCUT2D eigenvalue weighted by Gasteiger charge is -2.22. The molecule has 8 heteroatoms. The molecule has 0 fully saturated rings. The van der Waals surface area contributed by atoms with Gasteiger partial charge >= 0.3 is 0 Å². The Balaban J connectivity index is 2.96. The van der Waals surface area contributed by atoms with Crippen molar-refractivity contribution in [3.8, 4) is 0 Å². The summed E-state index contributed by atoms with van der Waals surface area (Å²) in [6, 6.07) is 0. The van der Waals surface area contributed by atoms with Gasteiger partial charge in [-0.3, -0.25) is 9.59 Å². The minimum atomic E-state index is -0.550. The minimum Gasteiger partial charge on any atom is -0.382 e. The summed E-state index contributed by atoms with van der Waals surface area (Å²) in [7, 11) is 1.70. The molecule has 2 amide bonds. The van der Waals surface area contributed by atoms with Gasteiger partial charge in [-0.1, -0.05) is 25.2 Å². The number of amides is 2. The predicted octanol–water partition coefficient (Wildman–Crippen LogP) is 0.351. The molecule has 0 aliphatic carbocycles. The first-order chi connectivity index (χ1) is 8.85. The van der Waals surface area contributed by atoms with Crippen molar-refractivity contribution in [2.24, 2.45) is 11.7 Å². The highest BCUT2D eigenvalue weighted by Crippen LogP contribution is 2.26. The van der Waals surface area contributed by atoms with Crippen molar-refractivity contribution in [2.45, 2.75) is 13.8 Å². The zero-order valence-corrected chi connectivity index (χ0v) is 12.1. The van der Waals surface area contributed by atoms with Gasteiger partial charge in [0.05, 0.1) is 6.54 Å². The number of aromatic nitrogens is 1. The van der Waals surface area contributed by atoms with E-state index in [1.807, 2.05) is 13.8 Å². The average molecular weight is 285 g/mol. The Kier molecular flexibility index (Phi) is 5.11. The Morgan fingerprint density at radius 2 is 2.11 bits per heavy atom. The zero-order chi connectivity index (χ0) is 14.6. The fraction of sp³-hybridized carbons (Fsp3) is 0.545. The number of nitrogen functional groups attached to an aromatic ring is 1. The summed E-state index contributed by atoms with van der Waals surface area (Å²) in [5.41, 5.74) is 10.9. The second-order valence-electron chi connectivity index (χ2n) is 4.53. The summed E-state index contributed by atoms with van der Waals surface area (Å²) in [5.74, 6) is -0.478. The first-order valence-corrected chi connectivity index (χ1v) is 6.68. The van der Waals surface area contributed by atoms with Crippen LogP contribution >= 0.6 is 11.3 Å². The lowest BCUT2D eigenvalue weighted by Crippen LogP contribution is -2.40. The van der Waals surface area contributed by atoms with Gasteiger partial charge in [0.1, 0.15) is 10.7 Å². The quantitative estimate of drug-likeness (QED) is 0.697. The fourth-order valence-corrected chi connectivity index (χ4v) is 2.39. The first-order valence-electron chi connectivity index (χ1n) is 5.86. The van der Waals surface area contributed by atoms with Crippen molar-refractivity contribution in [1.82, 2.24) is 9.88 Å². The first kappa shape index (κ1) is 15.2. The van der Waals surface area contributed by atoms with Gasteiger partial charge < -0.3 is 21.7 Å². The van der Waals surface area contributed by atoms with Crippen molar-refractivity contribution in [3.05, 3.63) is 4.88 Å². The summed E-state index contributed by atoms with van der Waals surface area (Å²) >= 11 is 1.16. The van der Waals surface area contributed by atoms with Crippen molar-refractivity contribution < 1.29 is 9.59 Å². The molecule has 0 unspecified atom stereocenters. The number of thiazole rings is 1. The number of carbonyl (C=O) groups is 2. The number of carbonyl (C=O) groups excluding carboxylic acids is 2. The molecule has 7 nitrogen and oxygen atoms in total. The zero-order valence-electron chi connectivity index (χ0n) is 11.3. The Labute approximate surface area is 116 Å². The van der Waals surface area contributed by atoms with Crippen LogP contribution in [0.15, 0.2) is 0 Å². The number of nitrogens with one attached hydrogen (secondary N) is 1. The van der Waals surface area contributed by atoms with Crippen LogP contribution in [0.5, 0.6) is 0 Å². The molecule has 0 bridgehead atoms. The molecule has 1 heterocycles. The third-order valence-electron chi connectivity index (χ3n) is 2.28. The second kappa shape index (κ2) is 6.37. The van der Waals surface area contributed by atoms with E-state index < -0.39 is 5.91 Å². The maximum atomic E-state index is 12.3. The van der Waals surface area contributed by atoms with Crippen LogP contribution in [-0.2, 0) is 4.79 Å². The molecule has 1 aromatic rings. The van der Waals surface area contributed by atoms with Gasteiger partial charge in [-0.15, -0.1) is 0 Å². The van der Waals surface area contributed by atoms with E-state index in [0.717, 1.165) is 11.3 Å². The number of nitrogens with two attached hydrogens (primary N) is 2. The van der Waals surface area contributed by atoms with Gasteiger partial charge in [0, 0.05) is 13.6 Å². The molecule has 5 N–H and O–H groups in total. The van der Waals surface area contributed by atoms with E-state index in [1.165, 1.54) is 4.90 Å². The summed E-state index contributed by atoms with van der Waals surface area (Å²) in [6.07, 6.45) is 0. The van der Waals surface area contributed by atoms with Crippen LogP contribution in [0.4, 0.5) is 10.9 Å². The van der Waals surface area contributed by atoms with Gasteiger partial charge in [0.25, 0.3) is 5.91 Å². The van der Waals surface area contributed by atoms with E-state index in [9.17, 15) is 9.59 Å². The smallest absolute Gasteiger partial charge is 0.268 e. The number of primary amides is 1. The van der Waals surface area contributed by atoms with Crippen molar-refractivity contribution in [2.75, 3.05) is 31.2 Å². The van der Waals surface area contributed by atoms with Crippen LogP contribution < -0.4 is 16.8 Å². The molecule has 1 rings (SSSR count). The van der Waals surface area contributed by atoms with Gasteiger partial charge in [-0.25, -0.2) is 4.98 Å². The summed E-state index contributed by atoms with van der Waals surface area (Å²) in [5, 5.41) is 3.39. The summed E-state index contributed by atoms with van der Waals surface area (Å²) in [4.78, 5) is 29.1. The van der Waals surface area contributed by atoms with E-state index in [2.05, 4.69) is 10.3 Å². The maximum absolute atomic E-state index is 12.3. The molecule has 0 atom stereocenters. The number of hydrogen-bond acceptors (Lipinski definition) is 6. The molecule has 0 aromatic carbocycles.